The number of nitrogens with two attached hydrogens (primary N) is 1. The molecule has 0 bridgehead atoms. The van der Waals surface area contributed by atoms with E-state index in [1.807, 2.05) is 0 Å². The van der Waals surface area contributed by atoms with Crippen molar-refractivity contribution in [2.24, 2.45) is 0 Å². The number of anilines is 1. The molecule has 0 saturated carbocycles. The van der Waals surface area contributed by atoms with Crippen LogP contribution in [0.5, 0.6) is 0 Å². The smallest absolute Gasteiger partial charge is 0.169 e. The van der Waals surface area contributed by atoms with E-state index in [1.54, 1.807) is 0 Å². The van der Waals surface area contributed by atoms with E-state index in [-0.39, 0.29) is 22.7 Å². The molecule has 0 spiro atoms. The Kier molecular flexibility index (Phi) is 2.15. The van der Waals surface area contributed by atoms with Crippen molar-refractivity contribution in [1.82, 2.24) is 5.16 Å². The Bertz CT molecular complexity index is 485. The van der Waals surface area contributed by atoms with Crippen LogP contribution < -0.4 is 5.73 Å². The summed E-state index contributed by atoms with van der Waals surface area (Å²) in [5.41, 5.74) is 5.59. The molecule has 1 aromatic heterocycles. The Labute approximate surface area is 84.5 Å². The first-order valence-electron chi connectivity index (χ1n) is 4.26. The van der Waals surface area contributed by atoms with Gasteiger partial charge in [0.2, 0.25) is 0 Å². The summed E-state index contributed by atoms with van der Waals surface area (Å²) in [4.78, 5) is 0. The molecule has 0 aliphatic carbocycles. The average Bonchev–Trinajstić information content (AvgIpc) is 2.60. The molecule has 3 nitrogen and oxygen atoms in total. The standard InChI is InChI=1S/C10H8F2N2O/c1-5-7(11)2-6(3-8(5)12)9-4-10(13)14-15-9/h2-4H,1H3,(H2,13,14). The van der Waals surface area contributed by atoms with E-state index in [1.165, 1.54) is 25.1 Å². The van der Waals surface area contributed by atoms with Crippen LogP contribution in [0.1, 0.15) is 5.56 Å². The monoisotopic (exact) mass is 210 g/mol. The molecule has 2 N–H and O–H groups in total. The minimum atomic E-state index is -0.625. The first-order chi connectivity index (χ1) is 7.08. The Hall–Kier alpha value is -1.91. The van der Waals surface area contributed by atoms with E-state index >= 15 is 0 Å². The zero-order valence-corrected chi connectivity index (χ0v) is 7.92. The summed E-state index contributed by atoms with van der Waals surface area (Å²) in [6, 6.07) is 3.76. The number of rotatable bonds is 1. The van der Waals surface area contributed by atoms with Gasteiger partial charge in [0.15, 0.2) is 11.6 Å². The van der Waals surface area contributed by atoms with Crippen molar-refractivity contribution in [3.63, 3.8) is 0 Å². The third kappa shape index (κ3) is 1.68. The summed E-state index contributed by atoms with van der Waals surface area (Å²) < 4.78 is 31.2. The van der Waals surface area contributed by atoms with Crippen molar-refractivity contribution in [3.05, 3.63) is 35.4 Å². The Balaban J connectivity index is 2.55. The fraction of sp³-hybridized carbons (Fsp3) is 0.100. The molecule has 78 valence electrons. The lowest BCUT2D eigenvalue weighted by atomic mass is 10.1. The van der Waals surface area contributed by atoms with E-state index in [2.05, 4.69) is 5.16 Å². The lowest BCUT2D eigenvalue weighted by Gasteiger charge is -2.01. The van der Waals surface area contributed by atoms with Gasteiger partial charge in [-0.1, -0.05) is 5.16 Å². The molecule has 2 rings (SSSR count). The van der Waals surface area contributed by atoms with Gasteiger partial charge in [0, 0.05) is 17.2 Å². The predicted molar refractivity (Wildman–Crippen MR) is 51.0 cm³/mol. The summed E-state index contributed by atoms with van der Waals surface area (Å²) >= 11 is 0. The normalized spacial score (nSPS) is 10.6. The first-order valence-corrected chi connectivity index (χ1v) is 4.26. The van der Waals surface area contributed by atoms with Gasteiger partial charge in [0.05, 0.1) is 0 Å². The van der Waals surface area contributed by atoms with Gasteiger partial charge < -0.3 is 10.3 Å². The quantitative estimate of drug-likeness (QED) is 0.786. The van der Waals surface area contributed by atoms with E-state index < -0.39 is 11.6 Å². The van der Waals surface area contributed by atoms with Gasteiger partial charge in [-0.25, -0.2) is 8.78 Å². The number of hydrogen-bond acceptors (Lipinski definition) is 3. The highest BCUT2D eigenvalue weighted by Crippen LogP contribution is 2.25. The number of aromatic nitrogens is 1. The Morgan fingerprint density at radius 1 is 1.20 bits per heavy atom. The van der Waals surface area contributed by atoms with Crippen molar-refractivity contribution >= 4 is 5.82 Å². The number of nitrogens with zero attached hydrogens (tertiary/aromatic N) is 1. The summed E-state index contributed by atoms with van der Waals surface area (Å²) in [6.07, 6.45) is 0. The van der Waals surface area contributed by atoms with Crippen LogP contribution in [0.25, 0.3) is 11.3 Å². The molecule has 1 aromatic carbocycles. The van der Waals surface area contributed by atoms with Crippen molar-refractivity contribution < 1.29 is 13.3 Å². The van der Waals surface area contributed by atoms with E-state index in [0.29, 0.717) is 0 Å². The van der Waals surface area contributed by atoms with Crippen molar-refractivity contribution in [2.75, 3.05) is 5.73 Å². The van der Waals surface area contributed by atoms with E-state index in [4.69, 9.17) is 10.3 Å². The van der Waals surface area contributed by atoms with Gasteiger partial charge in [0.25, 0.3) is 0 Å². The van der Waals surface area contributed by atoms with Gasteiger partial charge in [-0.2, -0.15) is 0 Å². The van der Waals surface area contributed by atoms with Gasteiger partial charge in [-0.15, -0.1) is 0 Å². The van der Waals surface area contributed by atoms with Gasteiger partial charge in [-0.3, -0.25) is 0 Å². The molecule has 0 aliphatic rings. The molecule has 0 radical (unpaired) electrons. The maximum absolute atomic E-state index is 13.2. The third-order valence-corrected chi connectivity index (χ3v) is 2.09. The second-order valence-corrected chi connectivity index (χ2v) is 3.18. The van der Waals surface area contributed by atoms with Crippen LogP contribution >= 0.6 is 0 Å². The minimum absolute atomic E-state index is 0.0220. The second kappa shape index (κ2) is 3.34. The number of nitrogen functional groups attached to an aromatic ring is 1. The highest BCUT2D eigenvalue weighted by molar-refractivity contribution is 5.60. The summed E-state index contributed by atoms with van der Waals surface area (Å²) in [5, 5.41) is 3.43. The van der Waals surface area contributed by atoms with Crippen molar-refractivity contribution in [3.8, 4) is 11.3 Å². The lowest BCUT2D eigenvalue weighted by Crippen LogP contribution is -1.89. The summed E-state index contributed by atoms with van der Waals surface area (Å²) in [7, 11) is 0. The molecular weight excluding hydrogens is 202 g/mol. The molecule has 0 atom stereocenters. The number of hydrogen-bond donors (Lipinski definition) is 1. The van der Waals surface area contributed by atoms with Gasteiger partial charge in [-0.05, 0) is 19.1 Å². The SMILES string of the molecule is Cc1c(F)cc(-c2cc(N)no2)cc1F. The largest absolute Gasteiger partial charge is 0.381 e. The third-order valence-electron chi connectivity index (χ3n) is 2.09. The van der Waals surface area contributed by atoms with Crippen molar-refractivity contribution in [2.45, 2.75) is 6.92 Å². The molecule has 5 heteroatoms. The van der Waals surface area contributed by atoms with Crippen LogP contribution in [0, 0.1) is 18.6 Å². The highest BCUT2D eigenvalue weighted by Gasteiger charge is 2.11. The molecule has 0 saturated heterocycles. The van der Waals surface area contributed by atoms with E-state index in [9.17, 15) is 8.78 Å². The zero-order chi connectivity index (χ0) is 11.0. The topological polar surface area (TPSA) is 52.0 Å². The number of benzene rings is 1. The molecule has 2 aromatic rings. The Morgan fingerprint density at radius 3 is 2.27 bits per heavy atom. The van der Waals surface area contributed by atoms with Crippen molar-refractivity contribution in [1.29, 1.82) is 0 Å². The van der Waals surface area contributed by atoms with Crippen LogP contribution in [0.15, 0.2) is 22.7 Å². The fourth-order valence-electron chi connectivity index (χ4n) is 1.21. The summed E-state index contributed by atoms with van der Waals surface area (Å²) in [6.45, 7) is 1.36. The lowest BCUT2D eigenvalue weighted by molar-refractivity contribution is 0.435. The molecule has 0 aliphatic heterocycles. The predicted octanol–water partition coefficient (Wildman–Crippen LogP) is 2.51. The zero-order valence-electron chi connectivity index (χ0n) is 7.92. The first kappa shape index (κ1) is 9.64. The van der Waals surface area contributed by atoms with Crippen LogP contribution in [0.3, 0.4) is 0 Å². The maximum Gasteiger partial charge on any atom is 0.169 e. The molecule has 0 unspecified atom stereocenters. The maximum atomic E-state index is 13.2. The number of halogens is 2. The van der Waals surface area contributed by atoms with Gasteiger partial charge >= 0.3 is 0 Å². The van der Waals surface area contributed by atoms with Crippen LogP contribution in [-0.2, 0) is 0 Å². The molecule has 0 fully saturated rings. The molecule has 1 heterocycles. The molecular formula is C10H8F2N2O. The van der Waals surface area contributed by atoms with Gasteiger partial charge in [0.1, 0.15) is 11.6 Å². The molecule has 0 amide bonds. The average molecular weight is 210 g/mol. The second-order valence-electron chi connectivity index (χ2n) is 3.18. The minimum Gasteiger partial charge on any atom is -0.381 e. The fourth-order valence-corrected chi connectivity index (χ4v) is 1.21. The Morgan fingerprint density at radius 2 is 1.80 bits per heavy atom. The molecule has 15 heavy (non-hydrogen) atoms. The van der Waals surface area contributed by atoms with E-state index in [0.717, 1.165) is 0 Å². The highest BCUT2D eigenvalue weighted by atomic mass is 19.1. The summed E-state index contributed by atoms with van der Waals surface area (Å²) in [5.74, 6) is -0.836. The van der Waals surface area contributed by atoms with Crippen LogP contribution in [0.4, 0.5) is 14.6 Å². The van der Waals surface area contributed by atoms with Crippen LogP contribution in [0.2, 0.25) is 0 Å². The van der Waals surface area contributed by atoms with Crippen LogP contribution in [-0.4, -0.2) is 5.16 Å².